The van der Waals surface area contributed by atoms with Crippen LogP contribution < -0.4 is 10.1 Å². The van der Waals surface area contributed by atoms with Crippen molar-refractivity contribution in [2.75, 3.05) is 7.11 Å². The number of hydrogen-bond donors (Lipinski definition) is 2. The number of carbonyl (C=O) groups excluding carboxylic acids is 1. The molecule has 0 saturated heterocycles. The monoisotopic (exact) mass is 305 g/mol. The Balaban J connectivity index is 2.10. The van der Waals surface area contributed by atoms with Crippen molar-refractivity contribution in [1.29, 1.82) is 0 Å². The summed E-state index contributed by atoms with van der Waals surface area (Å²) in [5.41, 5.74) is 1.35. The minimum Gasteiger partial charge on any atom is -0.497 e. The van der Waals surface area contributed by atoms with Crippen LogP contribution in [0.15, 0.2) is 28.9 Å². The molecule has 22 heavy (non-hydrogen) atoms. The molecule has 0 aliphatic carbocycles. The van der Waals surface area contributed by atoms with Gasteiger partial charge in [-0.3, -0.25) is 4.79 Å². The van der Waals surface area contributed by atoms with Gasteiger partial charge in [-0.1, -0.05) is 13.3 Å². The molecule has 0 aliphatic rings. The van der Waals surface area contributed by atoms with Gasteiger partial charge in [-0.05, 0) is 18.6 Å². The first-order chi connectivity index (χ1) is 10.5. The third kappa shape index (κ3) is 3.58. The topological polar surface area (TPSA) is 88.8 Å². The van der Waals surface area contributed by atoms with Crippen molar-refractivity contribution in [1.82, 2.24) is 5.32 Å². The number of amides is 1. The Morgan fingerprint density at radius 3 is 2.82 bits per heavy atom. The zero-order chi connectivity index (χ0) is 16.1. The summed E-state index contributed by atoms with van der Waals surface area (Å²) >= 11 is 0. The Morgan fingerprint density at radius 2 is 2.18 bits per heavy atom. The number of ether oxygens (including phenoxy) is 1. The lowest BCUT2D eigenvalue weighted by Gasteiger charge is -2.13. The first kappa shape index (κ1) is 15.9. The molecule has 1 atom stereocenters. The van der Waals surface area contributed by atoms with E-state index in [4.69, 9.17) is 14.3 Å². The van der Waals surface area contributed by atoms with Crippen LogP contribution in [0.25, 0.3) is 11.0 Å². The van der Waals surface area contributed by atoms with Crippen LogP contribution in [0, 0.1) is 0 Å². The third-order valence-corrected chi connectivity index (χ3v) is 3.42. The second-order valence-electron chi connectivity index (χ2n) is 5.05. The summed E-state index contributed by atoms with van der Waals surface area (Å²) < 4.78 is 10.5. The number of carboxylic acid groups (broad SMARTS) is 1. The SMILES string of the molecule is CCCC(NC(=O)Cc1coc2cc(OC)ccc12)C(=O)O. The molecule has 6 nitrogen and oxygen atoms in total. The number of carbonyl (C=O) groups is 2. The minimum absolute atomic E-state index is 0.0762. The highest BCUT2D eigenvalue weighted by atomic mass is 16.5. The van der Waals surface area contributed by atoms with Gasteiger partial charge in [-0.25, -0.2) is 4.79 Å². The van der Waals surface area contributed by atoms with Gasteiger partial charge in [-0.15, -0.1) is 0 Å². The summed E-state index contributed by atoms with van der Waals surface area (Å²) in [6.45, 7) is 1.87. The van der Waals surface area contributed by atoms with Gasteiger partial charge in [0.05, 0.1) is 19.8 Å². The molecule has 2 aromatic rings. The molecule has 2 N–H and O–H groups in total. The summed E-state index contributed by atoms with van der Waals surface area (Å²) in [6.07, 6.45) is 2.68. The van der Waals surface area contributed by atoms with Crippen molar-refractivity contribution in [2.45, 2.75) is 32.2 Å². The molecule has 0 bridgehead atoms. The van der Waals surface area contributed by atoms with Gasteiger partial charge in [0, 0.05) is 17.0 Å². The van der Waals surface area contributed by atoms with E-state index in [0.717, 1.165) is 10.9 Å². The number of hydrogen-bond acceptors (Lipinski definition) is 4. The number of methoxy groups -OCH3 is 1. The van der Waals surface area contributed by atoms with Crippen molar-refractivity contribution in [3.8, 4) is 5.75 Å². The summed E-state index contributed by atoms with van der Waals surface area (Å²) in [5.74, 6) is -0.678. The van der Waals surface area contributed by atoms with Crippen molar-refractivity contribution >= 4 is 22.8 Å². The summed E-state index contributed by atoms with van der Waals surface area (Å²) in [6, 6.07) is 4.50. The summed E-state index contributed by atoms with van der Waals surface area (Å²) in [7, 11) is 1.57. The van der Waals surface area contributed by atoms with Gasteiger partial charge in [-0.2, -0.15) is 0 Å². The minimum atomic E-state index is -1.02. The number of carboxylic acids is 1. The molecule has 0 radical (unpaired) electrons. The molecule has 1 aromatic heterocycles. The van der Waals surface area contributed by atoms with Gasteiger partial charge in [0.2, 0.25) is 5.91 Å². The van der Waals surface area contributed by atoms with E-state index >= 15 is 0 Å². The van der Waals surface area contributed by atoms with Gasteiger partial charge < -0.3 is 19.6 Å². The van der Waals surface area contributed by atoms with Crippen LogP contribution in [0.2, 0.25) is 0 Å². The molecule has 1 heterocycles. The standard InChI is InChI=1S/C16H19NO5/c1-3-4-13(16(19)20)17-15(18)7-10-9-22-14-8-11(21-2)5-6-12(10)14/h5-6,8-9,13H,3-4,7H2,1-2H3,(H,17,18)(H,19,20). The first-order valence-corrected chi connectivity index (χ1v) is 7.11. The quantitative estimate of drug-likeness (QED) is 0.819. The van der Waals surface area contributed by atoms with E-state index in [1.165, 1.54) is 6.26 Å². The molecule has 6 heteroatoms. The summed E-state index contributed by atoms with van der Waals surface area (Å²) in [5, 5.41) is 12.4. The fourth-order valence-electron chi connectivity index (χ4n) is 2.29. The van der Waals surface area contributed by atoms with E-state index < -0.39 is 12.0 Å². The smallest absolute Gasteiger partial charge is 0.326 e. The fourth-order valence-corrected chi connectivity index (χ4v) is 2.29. The Kier molecular flexibility index (Phi) is 5.04. The normalized spacial score (nSPS) is 12.1. The van der Waals surface area contributed by atoms with Crippen molar-refractivity contribution in [3.63, 3.8) is 0 Å². The highest BCUT2D eigenvalue weighted by Crippen LogP contribution is 2.25. The summed E-state index contributed by atoms with van der Waals surface area (Å²) in [4.78, 5) is 23.1. The Morgan fingerprint density at radius 1 is 1.41 bits per heavy atom. The fraction of sp³-hybridized carbons (Fsp3) is 0.375. The van der Waals surface area contributed by atoms with Crippen LogP contribution in [-0.2, 0) is 16.0 Å². The van der Waals surface area contributed by atoms with Crippen LogP contribution in [0.1, 0.15) is 25.3 Å². The average molecular weight is 305 g/mol. The molecule has 0 spiro atoms. The van der Waals surface area contributed by atoms with E-state index in [0.29, 0.717) is 24.2 Å². The van der Waals surface area contributed by atoms with E-state index in [-0.39, 0.29) is 12.3 Å². The predicted molar refractivity (Wildman–Crippen MR) is 80.9 cm³/mol. The van der Waals surface area contributed by atoms with Crippen LogP contribution in [0.4, 0.5) is 0 Å². The molecule has 1 unspecified atom stereocenters. The molecule has 118 valence electrons. The Bertz CT molecular complexity index is 676. The lowest BCUT2D eigenvalue weighted by atomic mass is 10.1. The van der Waals surface area contributed by atoms with Gasteiger partial charge in [0.25, 0.3) is 0 Å². The second kappa shape index (κ2) is 6.98. The van der Waals surface area contributed by atoms with E-state index in [9.17, 15) is 9.59 Å². The number of fused-ring (bicyclic) bond motifs is 1. The molecule has 1 aromatic carbocycles. The maximum atomic E-state index is 12.0. The third-order valence-electron chi connectivity index (χ3n) is 3.42. The molecule has 0 fully saturated rings. The number of rotatable bonds is 7. The van der Waals surface area contributed by atoms with Crippen LogP contribution in [0.3, 0.4) is 0 Å². The first-order valence-electron chi connectivity index (χ1n) is 7.11. The van der Waals surface area contributed by atoms with E-state index in [1.807, 2.05) is 13.0 Å². The molecular formula is C16H19NO5. The highest BCUT2D eigenvalue weighted by molar-refractivity contribution is 5.90. The number of aliphatic carboxylic acids is 1. The van der Waals surface area contributed by atoms with Gasteiger partial charge in [0.15, 0.2) is 0 Å². The Hall–Kier alpha value is -2.50. The van der Waals surface area contributed by atoms with Crippen LogP contribution in [-0.4, -0.2) is 30.1 Å². The Labute approximate surface area is 128 Å². The zero-order valence-corrected chi connectivity index (χ0v) is 12.6. The average Bonchev–Trinajstić information content (AvgIpc) is 2.88. The molecule has 1 amide bonds. The van der Waals surface area contributed by atoms with Gasteiger partial charge in [0.1, 0.15) is 17.4 Å². The molecule has 2 rings (SSSR count). The van der Waals surface area contributed by atoms with E-state index in [2.05, 4.69) is 5.32 Å². The lowest BCUT2D eigenvalue weighted by Crippen LogP contribution is -2.41. The predicted octanol–water partition coefficient (Wildman–Crippen LogP) is 2.35. The van der Waals surface area contributed by atoms with E-state index in [1.54, 1.807) is 19.2 Å². The van der Waals surface area contributed by atoms with Crippen LogP contribution >= 0.6 is 0 Å². The number of benzene rings is 1. The molecule has 0 aliphatic heterocycles. The van der Waals surface area contributed by atoms with Gasteiger partial charge >= 0.3 is 5.97 Å². The molecule has 0 saturated carbocycles. The van der Waals surface area contributed by atoms with Crippen LogP contribution in [0.5, 0.6) is 5.75 Å². The zero-order valence-electron chi connectivity index (χ0n) is 12.6. The number of furan rings is 1. The number of nitrogens with one attached hydrogen (secondary N) is 1. The maximum absolute atomic E-state index is 12.0. The maximum Gasteiger partial charge on any atom is 0.326 e. The largest absolute Gasteiger partial charge is 0.497 e. The van der Waals surface area contributed by atoms with Crippen molar-refractivity contribution in [3.05, 3.63) is 30.0 Å². The van der Waals surface area contributed by atoms with Crippen molar-refractivity contribution in [2.24, 2.45) is 0 Å². The second-order valence-corrected chi connectivity index (χ2v) is 5.05. The lowest BCUT2D eigenvalue weighted by molar-refractivity contribution is -0.141. The highest BCUT2D eigenvalue weighted by Gasteiger charge is 2.19. The molecular weight excluding hydrogens is 286 g/mol. The van der Waals surface area contributed by atoms with Crippen molar-refractivity contribution < 1.29 is 23.8 Å².